The average molecular weight is 250 g/mol. The van der Waals surface area contributed by atoms with E-state index in [9.17, 15) is 0 Å². The lowest BCUT2D eigenvalue weighted by molar-refractivity contribution is 0.728. The van der Waals surface area contributed by atoms with E-state index in [1.807, 2.05) is 49.8 Å². The Balaban J connectivity index is 2.47. The fourth-order valence-electron chi connectivity index (χ4n) is 2.11. The van der Waals surface area contributed by atoms with Crippen molar-refractivity contribution in [3.8, 4) is 0 Å². The van der Waals surface area contributed by atoms with Gasteiger partial charge in [-0.05, 0) is 31.5 Å². The van der Waals surface area contributed by atoms with Gasteiger partial charge in [0.15, 0.2) is 0 Å². The largest absolute Gasteiger partial charge is 0.320 e. The van der Waals surface area contributed by atoms with Crippen LogP contribution in [0.1, 0.15) is 28.6 Å². The Labute approximate surface area is 106 Å². The third-order valence-electron chi connectivity index (χ3n) is 3.08. The number of hydrogen-bond acceptors (Lipinski definition) is 2. The van der Waals surface area contributed by atoms with Gasteiger partial charge in [0.05, 0.1) is 11.7 Å². The van der Waals surface area contributed by atoms with Crippen LogP contribution < -0.4 is 5.73 Å². The number of nitrogens with two attached hydrogens (primary N) is 1. The predicted molar refractivity (Wildman–Crippen MR) is 70.2 cm³/mol. The van der Waals surface area contributed by atoms with Crippen LogP contribution in [0.15, 0.2) is 24.3 Å². The van der Waals surface area contributed by atoms with Crippen LogP contribution in [0.4, 0.5) is 0 Å². The van der Waals surface area contributed by atoms with Crippen molar-refractivity contribution < 1.29 is 0 Å². The molecule has 2 rings (SSSR count). The number of aromatic nitrogens is 2. The molecule has 0 radical (unpaired) electrons. The molecule has 0 spiro atoms. The number of hydrogen-bond donors (Lipinski definition) is 1. The van der Waals surface area contributed by atoms with E-state index in [0.29, 0.717) is 5.02 Å². The number of rotatable bonds is 2. The van der Waals surface area contributed by atoms with Crippen molar-refractivity contribution in [3.05, 3.63) is 51.8 Å². The molecule has 1 aromatic heterocycles. The Bertz CT molecular complexity index is 546. The van der Waals surface area contributed by atoms with Crippen molar-refractivity contribution in [2.24, 2.45) is 12.8 Å². The van der Waals surface area contributed by atoms with Crippen molar-refractivity contribution in [2.45, 2.75) is 19.9 Å². The lowest BCUT2D eigenvalue weighted by Crippen LogP contribution is -2.13. The van der Waals surface area contributed by atoms with E-state index in [-0.39, 0.29) is 6.04 Å². The summed E-state index contributed by atoms with van der Waals surface area (Å²) in [7, 11) is 1.93. The first kappa shape index (κ1) is 12.1. The first-order chi connectivity index (χ1) is 8.00. The topological polar surface area (TPSA) is 43.8 Å². The van der Waals surface area contributed by atoms with E-state index in [2.05, 4.69) is 5.10 Å². The van der Waals surface area contributed by atoms with Crippen molar-refractivity contribution in [1.29, 1.82) is 0 Å². The predicted octanol–water partition coefficient (Wildman–Crippen LogP) is 2.74. The maximum atomic E-state index is 6.29. The quantitative estimate of drug-likeness (QED) is 0.890. The van der Waals surface area contributed by atoms with Crippen LogP contribution in [0.3, 0.4) is 0 Å². The van der Waals surface area contributed by atoms with E-state index < -0.39 is 0 Å². The summed E-state index contributed by atoms with van der Waals surface area (Å²) in [5, 5.41) is 5.09. The van der Waals surface area contributed by atoms with Crippen LogP contribution in [0, 0.1) is 13.8 Å². The Morgan fingerprint density at radius 2 is 2.06 bits per heavy atom. The third kappa shape index (κ3) is 2.21. The molecule has 1 heterocycles. The van der Waals surface area contributed by atoms with Crippen molar-refractivity contribution in [1.82, 2.24) is 9.78 Å². The van der Waals surface area contributed by atoms with Gasteiger partial charge in [0, 0.05) is 23.3 Å². The summed E-state index contributed by atoms with van der Waals surface area (Å²) in [5.41, 5.74) is 10.4. The van der Waals surface area contributed by atoms with Crippen molar-refractivity contribution in [3.63, 3.8) is 0 Å². The minimum absolute atomic E-state index is 0.178. The molecule has 0 aliphatic carbocycles. The second kappa shape index (κ2) is 4.51. The maximum absolute atomic E-state index is 6.29. The van der Waals surface area contributed by atoms with Crippen LogP contribution in [0.5, 0.6) is 0 Å². The van der Waals surface area contributed by atoms with Gasteiger partial charge in [0.25, 0.3) is 0 Å². The Morgan fingerprint density at radius 3 is 2.59 bits per heavy atom. The highest BCUT2D eigenvalue weighted by Crippen LogP contribution is 2.26. The van der Waals surface area contributed by atoms with Crippen LogP contribution in [-0.2, 0) is 7.05 Å². The number of benzene rings is 1. The molecule has 17 heavy (non-hydrogen) atoms. The molecule has 90 valence electrons. The first-order valence-electron chi connectivity index (χ1n) is 5.52. The molecule has 4 heteroatoms. The Morgan fingerprint density at radius 1 is 1.35 bits per heavy atom. The highest BCUT2D eigenvalue weighted by Gasteiger charge is 2.18. The summed E-state index contributed by atoms with van der Waals surface area (Å²) in [5.74, 6) is 0. The van der Waals surface area contributed by atoms with E-state index in [1.54, 1.807) is 0 Å². The normalized spacial score (nSPS) is 12.8. The Hall–Kier alpha value is -1.32. The van der Waals surface area contributed by atoms with Gasteiger partial charge < -0.3 is 5.73 Å². The summed E-state index contributed by atoms with van der Waals surface area (Å²) in [6.45, 7) is 4.01. The average Bonchev–Trinajstić information content (AvgIpc) is 2.52. The zero-order chi connectivity index (χ0) is 12.6. The molecule has 0 fully saturated rings. The summed E-state index contributed by atoms with van der Waals surface area (Å²) in [6.07, 6.45) is 0. The summed E-state index contributed by atoms with van der Waals surface area (Å²) in [6, 6.07) is 7.47. The molecular weight excluding hydrogens is 234 g/mol. The van der Waals surface area contributed by atoms with Crippen molar-refractivity contribution >= 4 is 11.6 Å². The van der Waals surface area contributed by atoms with Crippen LogP contribution in [-0.4, -0.2) is 9.78 Å². The molecule has 1 aromatic carbocycles. The minimum atomic E-state index is -0.178. The molecule has 0 bridgehead atoms. The molecule has 2 N–H and O–H groups in total. The minimum Gasteiger partial charge on any atom is -0.320 e. The summed E-state index contributed by atoms with van der Waals surface area (Å²) >= 11 is 5.98. The highest BCUT2D eigenvalue weighted by atomic mass is 35.5. The van der Waals surface area contributed by atoms with Gasteiger partial charge in [-0.25, -0.2) is 0 Å². The lowest BCUT2D eigenvalue weighted by Gasteiger charge is -2.13. The second-order valence-electron chi connectivity index (χ2n) is 4.24. The highest BCUT2D eigenvalue weighted by molar-refractivity contribution is 6.30. The zero-order valence-electron chi connectivity index (χ0n) is 10.2. The van der Waals surface area contributed by atoms with Gasteiger partial charge >= 0.3 is 0 Å². The van der Waals surface area contributed by atoms with Gasteiger partial charge in [-0.1, -0.05) is 23.7 Å². The third-order valence-corrected chi connectivity index (χ3v) is 3.32. The van der Waals surface area contributed by atoms with E-state index in [4.69, 9.17) is 17.3 Å². The molecule has 3 nitrogen and oxygen atoms in total. The van der Waals surface area contributed by atoms with Crippen LogP contribution >= 0.6 is 11.6 Å². The number of halogens is 1. The number of aryl methyl sites for hydroxylation is 2. The van der Waals surface area contributed by atoms with Crippen LogP contribution in [0.25, 0.3) is 0 Å². The number of nitrogens with zero attached hydrogens (tertiary/aromatic N) is 2. The zero-order valence-corrected chi connectivity index (χ0v) is 11.0. The molecule has 1 atom stereocenters. The monoisotopic (exact) mass is 249 g/mol. The molecule has 0 amide bonds. The summed E-state index contributed by atoms with van der Waals surface area (Å²) in [4.78, 5) is 0. The molecular formula is C13H16ClN3. The van der Waals surface area contributed by atoms with Crippen LogP contribution in [0.2, 0.25) is 5.02 Å². The molecule has 0 aliphatic rings. The van der Waals surface area contributed by atoms with Gasteiger partial charge in [-0.15, -0.1) is 0 Å². The van der Waals surface area contributed by atoms with Gasteiger partial charge in [-0.2, -0.15) is 5.10 Å². The molecule has 2 aromatic rings. The van der Waals surface area contributed by atoms with Gasteiger partial charge in [0.1, 0.15) is 0 Å². The summed E-state index contributed by atoms with van der Waals surface area (Å²) < 4.78 is 1.86. The van der Waals surface area contributed by atoms with E-state index >= 15 is 0 Å². The molecule has 0 aliphatic heterocycles. The van der Waals surface area contributed by atoms with E-state index in [0.717, 1.165) is 22.5 Å². The lowest BCUT2D eigenvalue weighted by atomic mass is 9.98. The SMILES string of the molecule is Cc1nn(C)c(C)c1C(N)c1cccc(Cl)c1. The Kier molecular flexibility index (Phi) is 3.22. The smallest absolute Gasteiger partial charge is 0.0647 e. The standard InChI is InChI=1S/C13H16ClN3/c1-8-12(9(2)17(3)16-8)13(15)10-5-4-6-11(14)7-10/h4-7,13H,15H2,1-3H3. The van der Waals surface area contributed by atoms with Crippen molar-refractivity contribution in [2.75, 3.05) is 0 Å². The second-order valence-corrected chi connectivity index (χ2v) is 4.68. The van der Waals surface area contributed by atoms with Gasteiger partial charge in [-0.3, -0.25) is 4.68 Å². The molecule has 0 saturated heterocycles. The molecule has 0 saturated carbocycles. The molecule has 1 unspecified atom stereocenters. The maximum Gasteiger partial charge on any atom is 0.0647 e. The van der Waals surface area contributed by atoms with Gasteiger partial charge in [0.2, 0.25) is 0 Å². The fourth-order valence-corrected chi connectivity index (χ4v) is 2.31. The fraction of sp³-hybridized carbons (Fsp3) is 0.308. The first-order valence-corrected chi connectivity index (χ1v) is 5.89. The van der Waals surface area contributed by atoms with E-state index in [1.165, 1.54) is 0 Å².